The summed E-state index contributed by atoms with van der Waals surface area (Å²) in [6.07, 6.45) is 6.22. The van der Waals surface area contributed by atoms with Gasteiger partial charge in [0.2, 0.25) is 0 Å². The second-order valence-corrected chi connectivity index (χ2v) is 2.71. The molecular weight excluding hydrogens is 154 g/mol. The molecule has 1 aliphatic rings. The topological polar surface area (TPSA) is 60.9 Å². The lowest BCUT2D eigenvalue weighted by atomic mass is 10.1. The normalized spacial score (nSPS) is 15.2. The van der Waals surface area contributed by atoms with Crippen molar-refractivity contribution in [3.05, 3.63) is 24.3 Å². The number of amides is 1. The minimum absolute atomic E-state index is 0.401. The molecule has 0 saturated heterocycles. The standard InChI is InChI=1S/C8H9N3O/c9-7(12)6-2-1-4-11-5-3-10-8(6)11/h2-3,5H,1,4H2,(H2,9,12). The Morgan fingerprint density at radius 3 is 3.25 bits per heavy atom. The van der Waals surface area contributed by atoms with E-state index in [-0.39, 0.29) is 0 Å². The number of rotatable bonds is 1. The second-order valence-electron chi connectivity index (χ2n) is 2.71. The molecule has 4 nitrogen and oxygen atoms in total. The number of hydrogen-bond donors (Lipinski definition) is 1. The van der Waals surface area contributed by atoms with Gasteiger partial charge in [-0.1, -0.05) is 6.08 Å². The lowest BCUT2D eigenvalue weighted by Crippen LogP contribution is -2.19. The molecule has 0 saturated carbocycles. The van der Waals surface area contributed by atoms with Crippen LogP contribution in [0.5, 0.6) is 0 Å². The number of hydrogen-bond acceptors (Lipinski definition) is 2. The van der Waals surface area contributed by atoms with Gasteiger partial charge < -0.3 is 10.3 Å². The average Bonchev–Trinajstić information content (AvgIpc) is 2.49. The number of carbonyl (C=O) groups is 1. The molecule has 0 unspecified atom stereocenters. The number of nitrogens with two attached hydrogens (primary N) is 1. The van der Waals surface area contributed by atoms with Crippen molar-refractivity contribution in [2.45, 2.75) is 13.0 Å². The highest BCUT2D eigenvalue weighted by atomic mass is 16.1. The number of fused-ring (bicyclic) bond motifs is 1. The van der Waals surface area contributed by atoms with Crippen LogP contribution in [-0.4, -0.2) is 15.5 Å². The zero-order valence-corrected chi connectivity index (χ0v) is 6.53. The molecule has 0 bridgehead atoms. The van der Waals surface area contributed by atoms with Gasteiger partial charge in [-0.25, -0.2) is 4.98 Å². The third-order valence-corrected chi connectivity index (χ3v) is 1.94. The SMILES string of the molecule is NC(=O)C1=CCCn2ccnc21. The van der Waals surface area contributed by atoms with Crippen LogP contribution in [-0.2, 0) is 11.3 Å². The number of primary amides is 1. The van der Waals surface area contributed by atoms with Gasteiger partial charge in [-0.15, -0.1) is 0 Å². The average molecular weight is 163 g/mol. The summed E-state index contributed by atoms with van der Waals surface area (Å²) in [7, 11) is 0. The molecule has 1 aliphatic heterocycles. The van der Waals surface area contributed by atoms with Gasteiger partial charge in [-0.3, -0.25) is 4.79 Å². The number of carbonyl (C=O) groups excluding carboxylic acids is 1. The molecule has 0 aromatic carbocycles. The van der Waals surface area contributed by atoms with Crippen molar-refractivity contribution in [3.63, 3.8) is 0 Å². The molecular formula is C8H9N3O. The summed E-state index contributed by atoms with van der Waals surface area (Å²) in [5, 5.41) is 0. The molecule has 1 aromatic heterocycles. The molecule has 2 heterocycles. The Labute approximate surface area is 69.7 Å². The van der Waals surface area contributed by atoms with Crippen LogP contribution in [0.25, 0.3) is 5.57 Å². The molecule has 4 heteroatoms. The monoisotopic (exact) mass is 163 g/mol. The number of aromatic nitrogens is 2. The van der Waals surface area contributed by atoms with Crippen LogP contribution in [0.2, 0.25) is 0 Å². The molecule has 0 radical (unpaired) electrons. The summed E-state index contributed by atoms with van der Waals surface area (Å²) in [6.45, 7) is 0.881. The van der Waals surface area contributed by atoms with Crippen LogP contribution in [0.15, 0.2) is 18.5 Å². The Balaban J connectivity index is 2.50. The van der Waals surface area contributed by atoms with Crippen LogP contribution < -0.4 is 5.73 Å². The van der Waals surface area contributed by atoms with E-state index in [2.05, 4.69) is 4.98 Å². The van der Waals surface area contributed by atoms with Crippen LogP contribution in [0.1, 0.15) is 12.2 Å². The van der Waals surface area contributed by atoms with Crippen molar-refractivity contribution in [2.75, 3.05) is 0 Å². The van der Waals surface area contributed by atoms with Crippen molar-refractivity contribution in [1.82, 2.24) is 9.55 Å². The summed E-state index contributed by atoms with van der Waals surface area (Å²) >= 11 is 0. The Morgan fingerprint density at radius 1 is 1.67 bits per heavy atom. The van der Waals surface area contributed by atoms with Crippen LogP contribution in [0.3, 0.4) is 0 Å². The maximum Gasteiger partial charge on any atom is 0.252 e. The largest absolute Gasteiger partial charge is 0.365 e. The minimum atomic E-state index is -0.401. The fourth-order valence-corrected chi connectivity index (χ4v) is 1.38. The Hall–Kier alpha value is -1.58. The zero-order valence-electron chi connectivity index (χ0n) is 6.53. The highest BCUT2D eigenvalue weighted by Crippen LogP contribution is 2.18. The Morgan fingerprint density at radius 2 is 2.50 bits per heavy atom. The maximum atomic E-state index is 10.9. The van der Waals surface area contributed by atoms with Crippen molar-refractivity contribution < 1.29 is 4.79 Å². The van der Waals surface area contributed by atoms with Gasteiger partial charge in [0.15, 0.2) is 0 Å². The number of imidazole rings is 1. The maximum absolute atomic E-state index is 10.9. The van der Waals surface area contributed by atoms with Crippen LogP contribution in [0, 0.1) is 0 Å². The number of allylic oxidation sites excluding steroid dienone is 1. The third kappa shape index (κ3) is 0.922. The van der Waals surface area contributed by atoms with Gasteiger partial charge in [-0.05, 0) is 6.42 Å². The predicted molar refractivity (Wildman–Crippen MR) is 44.0 cm³/mol. The molecule has 2 N–H and O–H groups in total. The van der Waals surface area contributed by atoms with Gasteiger partial charge in [0.1, 0.15) is 5.82 Å². The zero-order chi connectivity index (χ0) is 8.55. The third-order valence-electron chi connectivity index (χ3n) is 1.94. The van der Waals surface area contributed by atoms with Gasteiger partial charge in [0.25, 0.3) is 5.91 Å². The molecule has 62 valence electrons. The predicted octanol–water partition coefficient (Wildman–Crippen LogP) is 0.155. The summed E-state index contributed by atoms with van der Waals surface area (Å²) in [5.74, 6) is 0.288. The van der Waals surface area contributed by atoms with Crippen molar-refractivity contribution in [1.29, 1.82) is 0 Å². The fraction of sp³-hybridized carbons (Fsp3) is 0.250. The first kappa shape index (κ1) is 7.09. The van der Waals surface area contributed by atoms with E-state index < -0.39 is 5.91 Å². The molecule has 2 rings (SSSR count). The van der Waals surface area contributed by atoms with E-state index in [4.69, 9.17) is 5.73 Å². The van der Waals surface area contributed by atoms with E-state index in [1.54, 1.807) is 6.20 Å². The minimum Gasteiger partial charge on any atom is -0.365 e. The van der Waals surface area contributed by atoms with Gasteiger partial charge >= 0.3 is 0 Å². The first-order valence-electron chi connectivity index (χ1n) is 3.80. The highest BCUT2D eigenvalue weighted by Gasteiger charge is 2.16. The molecule has 0 aliphatic carbocycles. The summed E-state index contributed by atoms with van der Waals surface area (Å²) in [4.78, 5) is 15.0. The highest BCUT2D eigenvalue weighted by molar-refractivity contribution is 6.17. The smallest absolute Gasteiger partial charge is 0.252 e. The van der Waals surface area contributed by atoms with Crippen molar-refractivity contribution >= 4 is 11.5 Å². The Kier molecular flexibility index (Phi) is 1.46. The molecule has 0 spiro atoms. The molecule has 1 amide bonds. The first-order chi connectivity index (χ1) is 5.79. The lowest BCUT2D eigenvalue weighted by molar-refractivity contribution is -0.112. The Bertz CT molecular complexity index is 351. The molecule has 0 fully saturated rings. The quantitative estimate of drug-likeness (QED) is 0.640. The fourth-order valence-electron chi connectivity index (χ4n) is 1.38. The van der Waals surface area contributed by atoms with Crippen LogP contribution >= 0.6 is 0 Å². The molecule has 0 atom stereocenters. The van der Waals surface area contributed by atoms with E-state index in [0.717, 1.165) is 13.0 Å². The van der Waals surface area contributed by atoms with Crippen LogP contribution in [0.4, 0.5) is 0 Å². The van der Waals surface area contributed by atoms with E-state index in [1.807, 2.05) is 16.8 Å². The van der Waals surface area contributed by atoms with Crippen molar-refractivity contribution in [2.24, 2.45) is 5.73 Å². The summed E-state index contributed by atoms with van der Waals surface area (Å²) < 4.78 is 1.93. The van der Waals surface area contributed by atoms with E-state index in [1.165, 1.54) is 0 Å². The van der Waals surface area contributed by atoms with Gasteiger partial charge in [0.05, 0.1) is 5.57 Å². The summed E-state index contributed by atoms with van der Waals surface area (Å²) in [6, 6.07) is 0. The first-order valence-corrected chi connectivity index (χ1v) is 3.80. The number of nitrogens with zero attached hydrogens (tertiary/aromatic N) is 2. The van der Waals surface area contributed by atoms with E-state index in [9.17, 15) is 4.79 Å². The molecule has 12 heavy (non-hydrogen) atoms. The second kappa shape index (κ2) is 2.48. The van der Waals surface area contributed by atoms with Crippen molar-refractivity contribution in [3.8, 4) is 0 Å². The van der Waals surface area contributed by atoms with E-state index >= 15 is 0 Å². The number of aryl methyl sites for hydroxylation is 1. The lowest BCUT2D eigenvalue weighted by Gasteiger charge is -2.12. The summed E-state index contributed by atoms with van der Waals surface area (Å²) in [5.41, 5.74) is 5.71. The van der Waals surface area contributed by atoms with Gasteiger partial charge in [0, 0.05) is 18.9 Å². The van der Waals surface area contributed by atoms with E-state index in [0.29, 0.717) is 11.4 Å². The van der Waals surface area contributed by atoms with Gasteiger partial charge in [-0.2, -0.15) is 0 Å². The molecule has 1 aromatic rings.